The van der Waals surface area contributed by atoms with Crippen LogP contribution in [0.2, 0.25) is 0 Å². The number of fused-ring (bicyclic) bond motifs is 3. The molecule has 2 bridgehead atoms. The van der Waals surface area contributed by atoms with E-state index in [-0.39, 0.29) is 35.3 Å². The number of hydrogen-bond acceptors (Lipinski definition) is 9. The van der Waals surface area contributed by atoms with E-state index in [0.29, 0.717) is 54.7 Å². The van der Waals surface area contributed by atoms with Crippen LogP contribution in [0.25, 0.3) is 28.2 Å². The van der Waals surface area contributed by atoms with Crippen molar-refractivity contribution in [1.82, 2.24) is 29.6 Å². The normalized spacial score (nSPS) is 23.8. The van der Waals surface area contributed by atoms with Crippen LogP contribution in [0.15, 0.2) is 47.6 Å². The van der Waals surface area contributed by atoms with E-state index in [1.54, 1.807) is 23.2 Å². The highest BCUT2D eigenvalue weighted by molar-refractivity contribution is 5.81. The van der Waals surface area contributed by atoms with Crippen LogP contribution in [0, 0.1) is 17.7 Å². The van der Waals surface area contributed by atoms with Crippen molar-refractivity contribution >= 4 is 17.1 Å². The van der Waals surface area contributed by atoms with Crippen molar-refractivity contribution in [3.63, 3.8) is 0 Å². The molecule has 7 rings (SSSR count). The minimum absolute atomic E-state index is 0.0395. The molecule has 2 unspecified atom stereocenters. The summed E-state index contributed by atoms with van der Waals surface area (Å²) in [5.41, 5.74) is 0.832. The highest BCUT2D eigenvalue weighted by Crippen LogP contribution is 2.40. The van der Waals surface area contributed by atoms with Crippen molar-refractivity contribution in [3.8, 4) is 23.0 Å². The smallest absolute Gasteiger partial charge is 0.410 e. The fraction of sp³-hybridized carbons (Fsp3) is 0.423. The van der Waals surface area contributed by atoms with E-state index in [4.69, 9.17) is 18.6 Å². The molecular formula is C26H25FN6O5. The van der Waals surface area contributed by atoms with Gasteiger partial charge in [0.05, 0.1) is 25.6 Å². The van der Waals surface area contributed by atoms with E-state index < -0.39 is 5.82 Å². The lowest BCUT2D eigenvalue weighted by atomic mass is 9.84. The molecule has 3 aromatic heterocycles. The maximum Gasteiger partial charge on any atom is 0.410 e. The molecule has 1 aromatic carbocycles. The molecule has 1 saturated carbocycles. The molecule has 1 aliphatic carbocycles. The number of nitrogens with zero attached hydrogens (tertiary/aromatic N) is 6. The Bertz CT molecular complexity index is 1490. The van der Waals surface area contributed by atoms with Gasteiger partial charge in [-0.25, -0.2) is 28.8 Å². The van der Waals surface area contributed by atoms with Crippen molar-refractivity contribution in [1.29, 1.82) is 0 Å². The Labute approximate surface area is 216 Å². The van der Waals surface area contributed by atoms with Gasteiger partial charge in [0, 0.05) is 30.5 Å². The lowest BCUT2D eigenvalue weighted by Crippen LogP contribution is -2.59. The number of oxazole rings is 1. The van der Waals surface area contributed by atoms with Crippen molar-refractivity contribution in [2.45, 2.75) is 31.5 Å². The van der Waals surface area contributed by atoms with Gasteiger partial charge in [0.2, 0.25) is 11.8 Å². The van der Waals surface area contributed by atoms with Crippen LogP contribution < -0.4 is 4.74 Å². The highest BCUT2D eigenvalue weighted by atomic mass is 19.1. The van der Waals surface area contributed by atoms with E-state index in [0.717, 1.165) is 12.8 Å². The number of benzene rings is 1. The monoisotopic (exact) mass is 520 g/mol. The Morgan fingerprint density at radius 1 is 1.16 bits per heavy atom. The first-order valence-corrected chi connectivity index (χ1v) is 12.6. The predicted molar refractivity (Wildman–Crippen MR) is 130 cm³/mol. The first kappa shape index (κ1) is 23.1. The summed E-state index contributed by atoms with van der Waals surface area (Å²) < 4.78 is 39.7. The van der Waals surface area contributed by atoms with Crippen LogP contribution in [-0.4, -0.2) is 73.7 Å². The first-order valence-electron chi connectivity index (χ1n) is 12.6. The van der Waals surface area contributed by atoms with Gasteiger partial charge in [-0.3, -0.25) is 0 Å². The number of halogens is 1. The molecule has 11 nitrogen and oxygen atoms in total. The number of amides is 1. The Balaban J connectivity index is 1.13. The summed E-state index contributed by atoms with van der Waals surface area (Å²) >= 11 is 0. The number of piperidine rings is 1. The molecule has 3 fully saturated rings. The molecule has 2 aliphatic heterocycles. The molecule has 4 aromatic rings. The number of carbonyl (C=O) groups is 1. The number of rotatable bonds is 5. The summed E-state index contributed by atoms with van der Waals surface area (Å²) in [5.74, 6) is 0.109. The number of aromatic nitrogens is 5. The number of hydrogen-bond donors (Lipinski definition) is 0. The predicted octanol–water partition coefficient (Wildman–Crippen LogP) is 3.62. The van der Waals surface area contributed by atoms with Gasteiger partial charge in [-0.1, -0.05) is 0 Å². The van der Waals surface area contributed by atoms with Crippen LogP contribution in [0.5, 0.6) is 5.88 Å². The van der Waals surface area contributed by atoms with Crippen molar-refractivity contribution < 1.29 is 27.8 Å². The zero-order valence-electron chi connectivity index (χ0n) is 20.6. The molecule has 2 atom stereocenters. The minimum atomic E-state index is -0.502. The fourth-order valence-corrected chi connectivity index (χ4v) is 5.19. The molecule has 12 heteroatoms. The average molecular weight is 521 g/mol. The van der Waals surface area contributed by atoms with E-state index in [1.807, 2.05) is 6.92 Å². The lowest BCUT2D eigenvalue weighted by molar-refractivity contribution is -0.111. The molecule has 0 spiro atoms. The van der Waals surface area contributed by atoms with Gasteiger partial charge in [-0.2, -0.15) is 5.10 Å². The molecule has 38 heavy (non-hydrogen) atoms. The molecule has 1 amide bonds. The fourth-order valence-electron chi connectivity index (χ4n) is 5.19. The SMILES string of the molecule is CC1(OC(=O)N2CC3COCC(C2)C3Oc2ncnc3c2cnn3-c2ccc(-c3ncco3)cc2F)CC1. The van der Waals surface area contributed by atoms with Crippen LogP contribution in [-0.2, 0) is 9.47 Å². The molecular weight excluding hydrogens is 495 g/mol. The van der Waals surface area contributed by atoms with Gasteiger partial charge in [0.25, 0.3) is 0 Å². The quantitative estimate of drug-likeness (QED) is 0.389. The van der Waals surface area contributed by atoms with Crippen LogP contribution >= 0.6 is 0 Å². The second kappa shape index (κ2) is 8.76. The minimum Gasteiger partial charge on any atom is -0.473 e. The van der Waals surface area contributed by atoms with Crippen LogP contribution in [0.4, 0.5) is 9.18 Å². The molecule has 3 aliphatic rings. The van der Waals surface area contributed by atoms with Crippen LogP contribution in [0.3, 0.4) is 0 Å². The standard InChI is InChI=1S/C26H25FN6O5/c1-26(4-5-26)38-25(34)32-10-16-12-35-13-17(11-32)21(16)37-24-18-9-31-33(22(18)29-14-30-24)20-3-2-15(8-19(20)27)23-28-6-7-36-23/h2-3,6-9,14,16-17,21H,4-5,10-13H2,1H3. The van der Waals surface area contributed by atoms with Crippen LogP contribution in [0.1, 0.15) is 19.8 Å². The Morgan fingerprint density at radius 3 is 2.68 bits per heavy atom. The summed E-state index contributed by atoms with van der Waals surface area (Å²) in [4.78, 5) is 27.3. The molecule has 196 valence electrons. The average Bonchev–Trinajstić information content (AvgIpc) is 3.27. The second-order valence-electron chi connectivity index (χ2n) is 10.3. The Morgan fingerprint density at radius 2 is 1.97 bits per heavy atom. The third kappa shape index (κ3) is 4.05. The maximum absolute atomic E-state index is 15.1. The summed E-state index contributed by atoms with van der Waals surface area (Å²) in [5, 5.41) is 4.94. The van der Waals surface area contributed by atoms with Gasteiger partial charge in [0.15, 0.2) is 5.65 Å². The van der Waals surface area contributed by atoms with Gasteiger partial charge in [-0.05, 0) is 38.0 Å². The number of likely N-dealkylation sites (tertiary alicyclic amines) is 1. The van der Waals surface area contributed by atoms with Gasteiger partial charge in [0.1, 0.15) is 41.2 Å². The van der Waals surface area contributed by atoms with E-state index in [9.17, 15) is 4.79 Å². The van der Waals surface area contributed by atoms with E-state index in [2.05, 4.69) is 20.1 Å². The van der Waals surface area contributed by atoms with Gasteiger partial charge < -0.3 is 23.5 Å². The van der Waals surface area contributed by atoms with Gasteiger partial charge in [-0.15, -0.1) is 0 Å². The number of carbonyl (C=O) groups excluding carboxylic acids is 1. The van der Waals surface area contributed by atoms with Crippen molar-refractivity contribution in [2.24, 2.45) is 11.8 Å². The number of ether oxygens (including phenoxy) is 3. The first-order chi connectivity index (χ1) is 18.5. The highest BCUT2D eigenvalue weighted by Gasteiger charge is 2.47. The third-order valence-corrected chi connectivity index (χ3v) is 7.48. The largest absolute Gasteiger partial charge is 0.473 e. The Hall–Kier alpha value is -4.06. The topological polar surface area (TPSA) is 118 Å². The molecule has 0 radical (unpaired) electrons. The maximum atomic E-state index is 15.1. The molecule has 2 saturated heterocycles. The summed E-state index contributed by atoms with van der Waals surface area (Å²) in [6.45, 7) is 3.86. The Kier molecular flexibility index (Phi) is 5.32. The van der Waals surface area contributed by atoms with Gasteiger partial charge >= 0.3 is 6.09 Å². The zero-order valence-corrected chi connectivity index (χ0v) is 20.6. The zero-order chi connectivity index (χ0) is 25.9. The summed E-state index contributed by atoms with van der Waals surface area (Å²) in [6.07, 6.45) is 7.22. The van der Waals surface area contributed by atoms with Crippen molar-refractivity contribution in [2.75, 3.05) is 26.3 Å². The van der Waals surface area contributed by atoms with Crippen molar-refractivity contribution in [3.05, 3.63) is 49.0 Å². The third-order valence-electron chi connectivity index (χ3n) is 7.48. The lowest BCUT2D eigenvalue weighted by Gasteiger charge is -2.46. The van der Waals surface area contributed by atoms with E-state index in [1.165, 1.54) is 29.5 Å². The molecule has 5 heterocycles. The van der Waals surface area contributed by atoms with E-state index >= 15 is 4.39 Å². The second-order valence-corrected chi connectivity index (χ2v) is 10.3. The summed E-state index contributed by atoms with van der Waals surface area (Å²) in [6, 6.07) is 4.65. The summed E-state index contributed by atoms with van der Waals surface area (Å²) in [7, 11) is 0. The molecule has 0 N–H and O–H groups in total.